The van der Waals surface area contributed by atoms with Crippen LogP contribution in [0.4, 0.5) is 5.69 Å². The average Bonchev–Trinajstić information content (AvgIpc) is 3.02. The first-order valence-electron chi connectivity index (χ1n) is 8.79. The molecule has 1 aromatic rings. The molecule has 2 rings (SSSR count). The molecule has 2 atom stereocenters. The van der Waals surface area contributed by atoms with Crippen LogP contribution in [0.2, 0.25) is 0 Å². The van der Waals surface area contributed by atoms with Gasteiger partial charge in [-0.2, -0.15) is 0 Å². The molecule has 0 bridgehead atoms. The predicted octanol–water partition coefficient (Wildman–Crippen LogP) is 1.55. The molecule has 1 aromatic carbocycles. The van der Waals surface area contributed by atoms with Crippen molar-refractivity contribution in [3.05, 3.63) is 18.2 Å². The Balaban J connectivity index is 2.17. The van der Waals surface area contributed by atoms with Crippen molar-refractivity contribution >= 4 is 17.5 Å². The molecule has 0 aliphatic carbocycles. The number of ether oxygens (including phenoxy) is 2. The fourth-order valence-corrected chi connectivity index (χ4v) is 2.90. The lowest BCUT2D eigenvalue weighted by Crippen LogP contribution is -2.56. The van der Waals surface area contributed by atoms with E-state index in [2.05, 4.69) is 5.32 Å². The number of nitrogens with one attached hydrogen (secondary N) is 1. The van der Waals surface area contributed by atoms with Gasteiger partial charge in [0, 0.05) is 37.7 Å². The van der Waals surface area contributed by atoms with Crippen molar-refractivity contribution in [1.29, 1.82) is 0 Å². The second-order valence-electron chi connectivity index (χ2n) is 7.24. The summed E-state index contributed by atoms with van der Waals surface area (Å²) in [6.45, 7) is 6.62. The molecule has 7 nitrogen and oxygen atoms in total. The lowest BCUT2D eigenvalue weighted by atomic mass is 9.87. The summed E-state index contributed by atoms with van der Waals surface area (Å²) in [5.41, 5.74) is 6.01. The van der Waals surface area contributed by atoms with E-state index in [4.69, 9.17) is 15.2 Å². The Morgan fingerprint density at radius 3 is 2.35 bits per heavy atom. The topological polar surface area (TPSA) is 93.9 Å². The van der Waals surface area contributed by atoms with E-state index in [9.17, 15) is 9.59 Å². The van der Waals surface area contributed by atoms with Gasteiger partial charge < -0.3 is 25.4 Å². The number of carbonyl (C=O) groups is 2. The second kappa shape index (κ2) is 7.95. The minimum Gasteiger partial charge on any atom is -0.497 e. The Bertz CT molecular complexity index is 654. The van der Waals surface area contributed by atoms with E-state index in [-0.39, 0.29) is 24.2 Å². The van der Waals surface area contributed by atoms with Crippen molar-refractivity contribution in [2.24, 2.45) is 17.6 Å². The van der Waals surface area contributed by atoms with Gasteiger partial charge in [-0.1, -0.05) is 13.8 Å². The number of methoxy groups -OCH3 is 2. The smallest absolute Gasteiger partial charge is 0.227 e. The lowest BCUT2D eigenvalue weighted by Gasteiger charge is -2.34. The van der Waals surface area contributed by atoms with E-state index in [1.165, 1.54) is 0 Å². The van der Waals surface area contributed by atoms with Gasteiger partial charge >= 0.3 is 0 Å². The van der Waals surface area contributed by atoms with Crippen LogP contribution in [0.15, 0.2) is 18.2 Å². The third kappa shape index (κ3) is 4.09. The van der Waals surface area contributed by atoms with Gasteiger partial charge in [0.1, 0.15) is 11.5 Å². The highest BCUT2D eigenvalue weighted by Gasteiger charge is 2.38. The maximum Gasteiger partial charge on any atom is 0.227 e. The number of benzene rings is 1. The zero-order valence-electron chi connectivity index (χ0n) is 16.2. The van der Waals surface area contributed by atoms with Crippen LogP contribution in [0.5, 0.6) is 11.5 Å². The van der Waals surface area contributed by atoms with Crippen LogP contribution in [0.3, 0.4) is 0 Å². The Morgan fingerprint density at radius 2 is 1.88 bits per heavy atom. The zero-order valence-corrected chi connectivity index (χ0v) is 16.2. The highest BCUT2D eigenvalue weighted by molar-refractivity contribution is 6.00. The summed E-state index contributed by atoms with van der Waals surface area (Å²) in [5.74, 6) is 0.722. The summed E-state index contributed by atoms with van der Waals surface area (Å²) in [5, 5.41) is 3.03. The first kappa shape index (κ1) is 20.0. The van der Waals surface area contributed by atoms with Crippen molar-refractivity contribution in [1.82, 2.24) is 5.32 Å². The maximum atomic E-state index is 12.7. The van der Waals surface area contributed by atoms with Crippen LogP contribution in [0.1, 0.15) is 27.2 Å². The summed E-state index contributed by atoms with van der Waals surface area (Å²) in [6.07, 6.45) is 0.171. The predicted molar refractivity (Wildman–Crippen MR) is 100 cm³/mol. The Kier molecular flexibility index (Phi) is 6.13. The standard InChI is InChI=1S/C19H29N3O4/c1-12(2)19(3,11-20)21-18(24)13-6-17(23)22(10-13)14-7-15(25-4)9-16(8-14)26-5/h7-9,12-13H,6,10-11,20H2,1-5H3,(H,21,24). The number of amides is 2. The van der Waals surface area contributed by atoms with Gasteiger partial charge in [0.05, 0.1) is 31.4 Å². The van der Waals surface area contributed by atoms with E-state index < -0.39 is 11.5 Å². The molecule has 2 amide bonds. The molecule has 26 heavy (non-hydrogen) atoms. The van der Waals surface area contributed by atoms with Crippen LogP contribution in [-0.4, -0.2) is 44.7 Å². The van der Waals surface area contributed by atoms with Gasteiger partial charge in [0.25, 0.3) is 0 Å². The molecule has 2 unspecified atom stereocenters. The number of nitrogens with two attached hydrogens (primary N) is 1. The highest BCUT2D eigenvalue weighted by atomic mass is 16.5. The first-order valence-corrected chi connectivity index (χ1v) is 8.79. The molecule has 1 aliphatic rings. The van der Waals surface area contributed by atoms with Gasteiger partial charge in [0.2, 0.25) is 11.8 Å². The maximum absolute atomic E-state index is 12.7. The third-order valence-corrected chi connectivity index (χ3v) is 5.25. The van der Waals surface area contributed by atoms with E-state index in [0.717, 1.165) is 0 Å². The Labute approximate surface area is 154 Å². The highest BCUT2D eigenvalue weighted by Crippen LogP contribution is 2.32. The number of hydrogen-bond donors (Lipinski definition) is 2. The van der Waals surface area contributed by atoms with Crippen molar-refractivity contribution in [2.45, 2.75) is 32.7 Å². The van der Waals surface area contributed by atoms with Crippen LogP contribution in [0.25, 0.3) is 0 Å². The summed E-state index contributed by atoms with van der Waals surface area (Å²) in [4.78, 5) is 26.8. The van der Waals surface area contributed by atoms with Crippen molar-refractivity contribution < 1.29 is 19.1 Å². The van der Waals surface area contributed by atoms with Crippen molar-refractivity contribution in [3.8, 4) is 11.5 Å². The number of rotatable bonds is 7. The molecular formula is C19H29N3O4. The second-order valence-corrected chi connectivity index (χ2v) is 7.24. The van der Waals surface area contributed by atoms with Crippen molar-refractivity contribution in [2.75, 3.05) is 32.2 Å². The normalized spacial score (nSPS) is 19.4. The fraction of sp³-hybridized carbons (Fsp3) is 0.579. The molecule has 1 saturated heterocycles. The molecular weight excluding hydrogens is 334 g/mol. The molecule has 1 fully saturated rings. The number of carbonyl (C=O) groups excluding carboxylic acids is 2. The van der Waals surface area contributed by atoms with Crippen LogP contribution >= 0.6 is 0 Å². The average molecular weight is 363 g/mol. The minimum absolute atomic E-state index is 0.0977. The van der Waals surface area contributed by atoms with Crippen LogP contribution in [-0.2, 0) is 9.59 Å². The molecule has 1 aliphatic heterocycles. The SMILES string of the molecule is COc1cc(OC)cc(N2CC(C(=O)NC(C)(CN)C(C)C)CC2=O)c1. The van der Waals surface area contributed by atoms with Gasteiger partial charge in [-0.3, -0.25) is 9.59 Å². The van der Waals surface area contributed by atoms with Gasteiger partial charge in [-0.15, -0.1) is 0 Å². The first-order chi connectivity index (χ1) is 12.2. The van der Waals surface area contributed by atoms with E-state index >= 15 is 0 Å². The monoisotopic (exact) mass is 363 g/mol. The summed E-state index contributed by atoms with van der Waals surface area (Å²) >= 11 is 0. The Morgan fingerprint density at radius 1 is 1.31 bits per heavy atom. The number of hydrogen-bond acceptors (Lipinski definition) is 5. The summed E-state index contributed by atoms with van der Waals surface area (Å²) in [6, 6.07) is 5.27. The summed E-state index contributed by atoms with van der Waals surface area (Å²) < 4.78 is 10.5. The van der Waals surface area contributed by atoms with Gasteiger partial charge in [-0.05, 0) is 12.8 Å². The Hall–Kier alpha value is -2.28. The summed E-state index contributed by atoms with van der Waals surface area (Å²) in [7, 11) is 3.11. The zero-order chi connectivity index (χ0) is 19.5. The molecule has 3 N–H and O–H groups in total. The minimum atomic E-state index is -0.493. The molecule has 1 heterocycles. The van der Waals surface area contributed by atoms with Gasteiger partial charge in [0.15, 0.2) is 0 Å². The number of anilines is 1. The third-order valence-electron chi connectivity index (χ3n) is 5.25. The van der Waals surface area contributed by atoms with Crippen LogP contribution in [0, 0.1) is 11.8 Å². The lowest BCUT2D eigenvalue weighted by molar-refractivity contribution is -0.128. The largest absolute Gasteiger partial charge is 0.497 e. The van der Waals surface area contributed by atoms with Gasteiger partial charge in [-0.25, -0.2) is 0 Å². The fourth-order valence-electron chi connectivity index (χ4n) is 2.90. The molecule has 7 heteroatoms. The van der Waals surface area contributed by atoms with E-state index in [0.29, 0.717) is 30.3 Å². The van der Waals surface area contributed by atoms with Crippen LogP contribution < -0.4 is 25.4 Å². The number of nitrogens with zero attached hydrogens (tertiary/aromatic N) is 1. The van der Waals surface area contributed by atoms with E-state index in [1.54, 1.807) is 37.3 Å². The van der Waals surface area contributed by atoms with E-state index in [1.807, 2.05) is 20.8 Å². The molecule has 0 radical (unpaired) electrons. The van der Waals surface area contributed by atoms with Crippen molar-refractivity contribution in [3.63, 3.8) is 0 Å². The molecule has 0 spiro atoms. The molecule has 0 aromatic heterocycles. The molecule has 144 valence electrons. The quantitative estimate of drug-likeness (QED) is 0.766. The molecule has 0 saturated carbocycles.